The SMILES string of the molecule is C[C@H](CCNC(=O)Cn1cnc2ccccc2c1=O)c1ccccc1. The van der Waals surface area contributed by atoms with Crippen LogP contribution in [0.1, 0.15) is 24.8 Å². The van der Waals surface area contributed by atoms with Gasteiger partial charge in [-0.25, -0.2) is 4.98 Å². The highest BCUT2D eigenvalue weighted by atomic mass is 16.2. The fraction of sp³-hybridized carbons (Fsp3) is 0.250. The summed E-state index contributed by atoms with van der Waals surface area (Å²) in [6.07, 6.45) is 2.28. The molecule has 5 nitrogen and oxygen atoms in total. The Labute approximate surface area is 146 Å². The number of nitrogens with zero attached hydrogens (tertiary/aromatic N) is 2. The molecule has 1 N–H and O–H groups in total. The highest BCUT2D eigenvalue weighted by molar-refractivity contribution is 5.78. The summed E-state index contributed by atoms with van der Waals surface area (Å²) in [4.78, 5) is 28.7. The summed E-state index contributed by atoms with van der Waals surface area (Å²) in [5, 5.41) is 3.40. The Balaban J connectivity index is 1.56. The van der Waals surface area contributed by atoms with Gasteiger partial charge in [0.2, 0.25) is 5.91 Å². The average molecular weight is 335 g/mol. The van der Waals surface area contributed by atoms with Crippen LogP contribution in [0, 0.1) is 0 Å². The maximum Gasteiger partial charge on any atom is 0.261 e. The Morgan fingerprint density at radius 1 is 1.12 bits per heavy atom. The van der Waals surface area contributed by atoms with E-state index in [2.05, 4.69) is 29.4 Å². The quantitative estimate of drug-likeness (QED) is 0.753. The third kappa shape index (κ3) is 4.12. The van der Waals surface area contributed by atoms with E-state index in [1.165, 1.54) is 16.5 Å². The van der Waals surface area contributed by atoms with Crippen molar-refractivity contribution in [2.45, 2.75) is 25.8 Å². The zero-order valence-electron chi connectivity index (χ0n) is 14.2. The molecule has 25 heavy (non-hydrogen) atoms. The number of nitrogens with one attached hydrogen (secondary N) is 1. The highest BCUT2D eigenvalue weighted by Crippen LogP contribution is 2.17. The molecule has 0 saturated carbocycles. The summed E-state index contributed by atoms with van der Waals surface area (Å²) in [5.41, 5.74) is 1.70. The molecule has 0 aliphatic carbocycles. The second-order valence-corrected chi connectivity index (χ2v) is 6.15. The number of amides is 1. The molecule has 128 valence electrons. The van der Waals surface area contributed by atoms with E-state index < -0.39 is 0 Å². The smallest absolute Gasteiger partial charge is 0.261 e. The predicted molar refractivity (Wildman–Crippen MR) is 98.5 cm³/mol. The van der Waals surface area contributed by atoms with E-state index in [0.717, 1.165) is 6.42 Å². The molecule has 3 aromatic rings. The second kappa shape index (κ2) is 7.75. The van der Waals surface area contributed by atoms with E-state index in [-0.39, 0.29) is 18.0 Å². The number of para-hydroxylation sites is 1. The van der Waals surface area contributed by atoms with Gasteiger partial charge < -0.3 is 5.32 Å². The number of benzene rings is 2. The van der Waals surface area contributed by atoms with Crippen molar-refractivity contribution in [2.75, 3.05) is 6.54 Å². The van der Waals surface area contributed by atoms with E-state index in [1.807, 2.05) is 24.3 Å². The lowest BCUT2D eigenvalue weighted by Crippen LogP contribution is -2.33. The lowest BCUT2D eigenvalue weighted by Gasteiger charge is -2.13. The minimum absolute atomic E-state index is 0.0175. The van der Waals surface area contributed by atoms with Crippen LogP contribution in [0.2, 0.25) is 0 Å². The summed E-state index contributed by atoms with van der Waals surface area (Å²) in [6.45, 7) is 2.69. The number of carbonyl (C=O) groups is 1. The van der Waals surface area contributed by atoms with Gasteiger partial charge in [-0.05, 0) is 30.0 Å². The van der Waals surface area contributed by atoms with Crippen molar-refractivity contribution in [1.82, 2.24) is 14.9 Å². The summed E-state index contributed by atoms with van der Waals surface area (Å²) in [6, 6.07) is 17.3. The molecule has 1 atom stereocenters. The van der Waals surface area contributed by atoms with Gasteiger partial charge in [0, 0.05) is 6.54 Å². The molecule has 0 aliphatic heterocycles. The van der Waals surface area contributed by atoms with Gasteiger partial charge in [-0.15, -0.1) is 0 Å². The summed E-state index contributed by atoms with van der Waals surface area (Å²) in [7, 11) is 0. The zero-order chi connectivity index (χ0) is 17.6. The monoisotopic (exact) mass is 335 g/mol. The first-order valence-corrected chi connectivity index (χ1v) is 8.41. The van der Waals surface area contributed by atoms with Gasteiger partial charge in [0.15, 0.2) is 0 Å². The fourth-order valence-corrected chi connectivity index (χ4v) is 2.81. The first-order chi connectivity index (χ1) is 12.1. The number of carbonyl (C=O) groups excluding carboxylic acids is 1. The normalized spacial score (nSPS) is 12.0. The summed E-state index contributed by atoms with van der Waals surface area (Å²) < 4.78 is 1.35. The summed E-state index contributed by atoms with van der Waals surface area (Å²) >= 11 is 0. The van der Waals surface area contributed by atoms with Gasteiger partial charge in [-0.1, -0.05) is 49.4 Å². The van der Waals surface area contributed by atoms with E-state index in [0.29, 0.717) is 23.4 Å². The Bertz CT molecular complexity index is 919. The number of hydrogen-bond acceptors (Lipinski definition) is 3. The molecule has 3 rings (SSSR count). The molecule has 1 aromatic heterocycles. The van der Waals surface area contributed by atoms with Crippen molar-refractivity contribution >= 4 is 16.8 Å². The third-order valence-corrected chi connectivity index (χ3v) is 4.31. The molecule has 0 radical (unpaired) electrons. The van der Waals surface area contributed by atoms with Crippen molar-refractivity contribution in [1.29, 1.82) is 0 Å². The van der Waals surface area contributed by atoms with E-state index >= 15 is 0 Å². The molecule has 0 spiro atoms. The third-order valence-electron chi connectivity index (χ3n) is 4.31. The molecular weight excluding hydrogens is 314 g/mol. The fourth-order valence-electron chi connectivity index (χ4n) is 2.81. The van der Waals surface area contributed by atoms with Crippen LogP contribution in [0.5, 0.6) is 0 Å². The standard InChI is InChI=1S/C20H21N3O2/c1-15(16-7-3-2-4-8-16)11-12-21-19(24)13-23-14-22-18-10-6-5-9-17(18)20(23)25/h2-10,14-15H,11-13H2,1H3,(H,21,24)/t15-/m1/s1. The first-order valence-electron chi connectivity index (χ1n) is 8.41. The van der Waals surface area contributed by atoms with E-state index in [1.54, 1.807) is 18.2 Å². The van der Waals surface area contributed by atoms with Gasteiger partial charge >= 0.3 is 0 Å². The van der Waals surface area contributed by atoms with Crippen LogP contribution in [0.25, 0.3) is 10.9 Å². The Kier molecular flexibility index (Phi) is 5.23. The van der Waals surface area contributed by atoms with Crippen LogP contribution in [0.3, 0.4) is 0 Å². The lowest BCUT2D eigenvalue weighted by molar-refractivity contribution is -0.121. The lowest BCUT2D eigenvalue weighted by atomic mass is 9.98. The van der Waals surface area contributed by atoms with Gasteiger partial charge in [0.25, 0.3) is 5.56 Å². The molecule has 0 bridgehead atoms. The topological polar surface area (TPSA) is 64.0 Å². The molecule has 5 heteroatoms. The van der Waals surface area contributed by atoms with E-state index in [9.17, 15) is 9.59 Å². The van der Waals surface area contributed by atoms with Crippen LogP contribution >= 0.6 is 0 Å². The Morgan fingerprint density at radius 2 is 1.84 bits per heavy atom. The maximum absolute atomic E-state index is 12.4. The Hall–Kier alpha value is -2.95. The maximum atomic E-state index is 12.4. The van der Waals surface area contributed by atoms with Crippen molar-refractivity contribution in [3.8, 4) is 0 Å². The van der Waals surface area contributed by atoms with Crippen LogP contribution in [0.4, 0.5) is 0 Å². The van der Waals surface area contributed by atoms with Crippen LogP contribution in [0.15, 0.2) is 65.7 Å². The average Bonchev–Trinajstić information content (AvgIpc) is 2.65. The highest BCUT2D eigenvalue weighted by Gasteiger charge is 2.09. The molecule has 0 saturated heterocycles. The molecule has 0 unspecified atom stereocenters. The van der Waals surface area contributed by atoms with E-state index in [4.69, 9.17) is 0 Å². The molecular formula is C20H21N3O2. The van der Waals surface area contributed by atoms with Crippen molar-refractivity contribution < 1.29 is 4.79 Å². The molecule has 1 amide bonds. The number of hydrogen-bond donors (Lipinski definition) is 1. The van der Waals surface area contributed by atoms with Crippen LogP contribution in [-0.4, -0.2) is 22.0 Å². The first kappa shape index (κ1) is 16.9. The van der Waals surface area contributed by atoms with Gasteiger partial charge in [0.1, 0.15) is 6.54 Å². The number of aromatic nitrogens is 2. The summed E-state index contributed by atoms with van der Waals surface area (Å²) in [5.74, 6) is 0.186. The minimum Gasteiger partial charge on any atom is -0.355 e. The predicted octanol–water partition coefficient (Wildman–Crippen LogP) is 2.71. The van der Waals surface area contributed by atoms with Crippen LogP contribution < -0.4 is 10.9 Å². The second-order valence-electron chi connectivity index (χ2n) is 6.15. The largest absolute Gasteiger partial charge is 0.355 e. The molecule has 0 fully saturated rings. The van der Waals surface area contributed by atoms with Gasteiger partial charge in [-0.3, -0.25) is 14.2 Å². The van der Waals surface area contributed by atoms with Crippen molar-refractivity contribution in [3.63, 3.8) is 0 Å². The van der Waals surface area contributed by atoms with Crippen molar-refractivity contribution in [2.24, 2.45) is 0 Å². The van der Waals surface area contributed by atoms with Gasteiger partial charge in [-0.2, -0.15) is 0 Å². The van der Waals surface area contributed by atoms with Crippen molar-refractivity contribution in [3.05, 3.63) is 76.8 Å². The number of fused-ring (bicyclic) bond motifs is 1. The molecule has 1 heterocycles. The zero-order valence-corrected chi connectivity index (χ0v) is 14.2. The molecule has 0 aliphatic rings. The number of rotatable bonds is 6. The molecule has 2 aromatic carbocycles. The van der Waals surface area contributed by atoms with Gasteiger partial charge in [0.05, 0.1) is 17.2 Å². The minimum atomic E-state index is -0.196. The van der Waals surface area contributed by atoms with Crippen LogP contribution in [-0.2, 0) is 11.3 Å². The Morgan fingerprint density at radius 3 is 2.64 bits per heavy atom.